The minimum absolute atomic E-state index is 0.0352. The van der Waals surface area contributed by atoms with Crippen molar-refractivity contribution >= 4 is 27.3 Å². The number of halogens is 2. The molecule has 0 saturated carbocycles. The molecule has 150 valence electrons. The summed E-state index contributed by atoms with van der Waals surface area (Å²) in [6.07, 6.45) is 0. The summed E-state index contributed by atoms with van der Waals surface area (Å²) >= 11 is 0. The molecule has 0 atom stereocenters. The van der Waals surface area contributed by atoms with E-state index in [-0.39, 0.29) is 16.1 Å². The van der Waals surface area contributed by atoms with Gasteiger partial charge in [0.2, 0.25) is 0 Å². The Morgan fingerprint density at radius 3 is 2.17 bits per heavy atom. The van der Waals surface area contributed by atoms with Gasteiger partial charge in [0.1, 0.15) is 11.6 Å². The van der Waals surface area contributed by atoms with Crippen LogP contribution < -0.4 is 9.62 Å². The van der Waals surface area contributed by atoms with Crippen molar-refractivity contribution in [2.75, 3.05) is 16.7 Å². The third kappa shape index (κ3) is 4.60. The number of anilines is 2. The van der Waals surface area contributed by atoms with Gasteiger partial charge >= 0.3 is 0 Å². The van der Waals surface area contributed by atoms with E-state index in [0.717, 1.165) is 22.0 Å². The average Bonchev–Trinajstić information content (AvgIpc) is 2.67. The van der Waals surface area contributed by atoms with Gasteiger partial charge in [-0.1, -0.05) is 23.8 Å². The highest BCUT2D eigenvalue weighted by molar-refractivity contribution is 7.92. The van der Waals surface area contributed by atoms with Gasteiger partial charge in [0.05, 0.1) is 10.6 Å². The number of amides is 1. The van der Waals surface area contributed by atoms with Crippen LogP contribution in [0.2, 0.25) is 0 Å². The number of hydrogen-bond acceptors (Lipinski definition) is 3. The van der Waals surface area contributed by atoms with Gasteiger partial charge in [-0.05, 0) is 49.4 Å². The van der Waals surface area contributed by atoms with E-state index in [4.69, 9.17) is 0 Å². The minimum atomic E-state index is -3.91. The Hall–Kier alpha value is -3.26. The number of aryl methyl sites for hydroxylation is 1. The van der Waals surface area contributed by atoms with E-state index in [1.807, 2.05) is 6.92 Å². The van der Waals surface area contributed by atoms with Gasteiger partial charge in [0.15, 0.2) is 0 Å². The van der Waals surface area contributed by atoms with Crippen LogP contribution in [0, 0.1) is 18.6 Å². The summed E-state index contributed by atoms with van der Waals surface area (Å²) in [7, 11) is -2.49. The molecule has 29 heavy (non-hydrogen) atoms. The normalized spacial score (nSPS) is 11.2. The Morgan fingerprint density at radius 1 is 0.931 bits per heavy atom. The quantitative estimate of drug-likeness (QED) is 0.672. The van der Waals surface area contributed by atoms with Gasteiger partial charge in [-0.15, -0.1) is 0 Å². The average molecular weight is 416 g/mol. The molecule has 0 heterocycles. The molecule has 3 aromatic carbocycles. The van der Waals surface area contributed by atoms with Gasteiger partial charge in [0, 0.05) is 24.4 Å². The first kappa shape index (κ1) is 20.5. The molecule has 0 saturated heterocycles. The topological polar surface area (TPSA) is 66.5 Å². The Morgan fingerprint density at radius 2 is 1.55 bits per heavy atom. The highest BCUT2D eigenvalue weighted by Crippen LogP contribution is 2.23. The van der Waals surface area contributed by atoms with Crippen molar-refractivity contribution in [3.05, 3.63) is 89.5 Å². The molecule has 1 amide bonds. The lowest BCUT2D eigenvalue weighted by Crippen LogP contribution is -2.26. The van der Waals surface area contributed by atoms with Crippen molar-refractivity contribution in [2.24, 2.45) is 0 Å². The Bertz CT molecular complexity index is 1140. The third-order valence-corrected chi connectivity index (χ3v) is 6.05. The second-order valence-corrected chi connectivity index (χ2v) is 8.42. The lowest BCUT2D eigenvalue weighted by atomic mass is 10.2. The summed E-state index contributed by atoms with van der Waals surface area (Å²) in [6.45, 7) is 1.89. The molecule has 0 bridgehead atoms. The van der Waals surface area contributed by atoms with E-state index in [9.17, 15) is 22.0 Å². The van der Waals surface area contributed by atoms with Gasteiger partial charge in [0.25, 0.3) is 15.9 Å². The molecule has 3 aromatic rings. The highest BCUT2D eigenvalue weighted by atomic mass is 32.2. The molecule has 3 rings (SSSR count). The first-order valence-electron chi connectivity index (χ1n) is 8.60. The molecule has 8 heteroatoms. The second-order valence-electron chi connectivity index (χ2n) is 6.45. The lowest BCUT2D eigenvalue weighted by molar-refractivity contribution is 0.102. The highest BCUT2D eigenvalue weighted by Gasteiger charge is 2.22. The van der Waals surface area contributed by atoms with Crippen LogP contribution in [0.5, 0.6) is 0 Å². The predicted molar refractivity (Wildman–Crippen MR) is 108 cm³/mol. The van der Waals surface area contributed by atoms with E-state index in [2.05, 4.69) is 5.32 Å². The maximum Gasteiger partial charge on any atom is 0.264 e. The van der Waals surface area contributed by atoms with Gasteiger partial charge < -0.3 is 5.32 Å². The fourth-order valence-corrected chi connectivity index (χ4v) is 3.92. The molecule has 0 aliphatic rings. The molecule has 0 aliphatic carbocycles. The van der Waals surface area contributed by atoms with Crippen LogP contribution in [0.1, 0.15) is 15.9 Å². The molecule has 5 nitrogen and oxygen atoms in total. The first-order chi connectivity index (χ1) is 13.7. The standard InChI is InChI=1S/C21H18F2N2O3S/c1-14-6-8-19(9-7-14)25(2)29(27,28)20-5-3-4-15(10-20)21(26)24-18-12-16(22)11-17(23)13-18/h3-13H,1-2H3,(H,24,26). The summed E-state index contributed by atoms with van der Waals surface area (Å²) in [5, 5.41) is 2.36. The van der Waals surface area contributed by atoms with Crippen LogP contribution in [-0.2, 0) is 10.0 Å². The lowest BCUT2D eigenvalue weighted by Gasteiger charge is -2.20. The summed E-state index contributed by atoms with van der Waals surface area (Å²) in [5.41, 5.74) is 1.43. The monoisotopic (exact) mass is 416 g/mol. The SMILES string of the molecule is Cc1ccc(N(C)S(=O)(=O)c2cccc(C(=O)Nc3cc(F)cc(F)c3)c2)cc1. The molecule has 0 radical (unpaired) electrons. The number of rotatable bonds is 5. The summed E-state index contributed by atoms with van der Waals surface area (Å²) in [5.74, 6) is -2.36. The molecule has 0 fully saturated rings. The zero-order chi connectivity index (χ0) is 21.2. The first-order valence-corrected chi connectivity index (χ1v) is 10.0. The molecular formula is C21H18F2N2O3S. The summed E-state index contributed by atoms with van der Waals surface area (Å²) in [4.78, 5) is 12.3. The van der Waals surface area contributed by atoms with E-state index >= 15 is 0 Å². The van der Waals surface area contributed by atoms with Gasteiger partial charge in [-0.25, -0.2) is 17.2 Å². The Labute approximate surface area is 167 Å². The van der Waals surface area contributed by atoms with Crippen molar-refractivity contribution in [2.45, 2.75) is 11.8 Å². The molecular weight excluding hydrogens is 398 g/mol. The van der Waals surface area contributed by atoms with Crippen LogP contribution >= 0.6 is 0 Å². The maximum atomic E-state index is 13.3. The molecule has 0 aromatic heterocycles. The smallest absolute Gasteiger partial charge is 0.264 e. The van der Waals surface area contributed by atoms with Crippen molar-refractivity contribution in [1.82, 2.24) is 0 Å². The van der Waals surface area contributed by atoms with Crippen LogP contribution in [-0.4, -0.2) is 21.4 Å². The van der Waals surface area contributed by atoms with Crippen molar-refractivity contribution in [3.63, 3.8) is 0 Å². The number of sulfonamides is 1. The number of carbonyl (C=O) groups excluding carboxylic acids is 1. The van der Waals surface area contributed by atoms with E-state index in [1.54, 1.807) is 24.3 Å². The van der Waals surface area contributed by atoms with Crippen molar-refractivity contribution in [3.8, 4) is 0 Å². The zero-order valence-corrected chi connectivity index (χ0v) is 16.5. The molecule has 0 unspecified atom stereocenters. The number of hydrogen-bond donors (Lipinski definition) is 1. The number of nitrogens with zero attached hydrogens (tertiary/aromatic N) is 1. The zero-order valence-electron chi connectivity index (χ0n) is 15.7. The fraction of sp³-hybridized carbons (Fsp3) is 0.0952. The van der Waals surface area contributed by atoms with Crippen LogP contribution in [0.15, 0.2) is 71.6 Å². The van der Waals surface area contributed by atoms with Crippen LogP contribution in [0.25, 0.3) is 0 Å². The Kier molecular flexibility index (Phi) is 5.65. The summed E-state index contributed by atoms with van der Waals surface area (Å²) < 4.78 is 53.6. The van der Waals surface area contributed by atoms with Crippen LogP contribution in [0.4, 0.5) is 20.2 Å². The minimum Gasteiger partial charge on any atom is -0.322 e. The largest absolute Gasteiger partial charge is 0.322 e. The number of benzene rings is 3. The Balaban J connectivity index is 1.87. The van der Waals surface area contributed by atoms with Crippen molar-refractivity contribution in [1.29, 1.82) is 0 Å². The maximum absolute atomic E-state index is 13.3. The van der Waals surface area contributed by atoms with E-state index in [0.29, 0.717) is 11.8 Å². The van der Waals surface area contributed by atoms with Crippen molar-refractivity contribution < 1.29 is 22.0 Å². The third-order valence-electron chi connectivity index (χ3n) is 4.27. The molecule has 0 spiro atoms. The van der Waals surface area contributed by atoms with Gasteiger partial charge in [-0.2, -0.15) is 0 Å². The van der Waals surface area contributed by atoms with Gasteiger partial charge in [-0.3, -0.25) is 9.10 Å². The van der Waals surface area contributed by atoms with E-state index < -0.39 is 27.6 Å². The van der Waals surface area contributed by atoms with Crippen LogP contribution in [0.3, 0.4) is 0 Å². The molecule has 1 N–H and O–H groups in total. The number of carbonyl (C=O) groups is 1. The predicted octanol–water partition coefficient (Wildman–Crippen LogP) is 4.35. The fourth-order valence-electron chi connectivity index (χ4n) is 2.68. The van der Waals surface area contributed by atoms with E-state index in [1.165, 1.54) is 31.3 Å². The summed E-state index contributed by atoms with van der Waals surface area (Å²) in [6, 6.07) is 15.0. The number of nitrogens with one attached hydrogen (secondary N) is 1. The molecule has 0 aliphatic heterocycles. The second kappa shape index (κ2) is 8.00.